The zero-order valence-electron chi connectivity index (χ0n) is 19.7. The largest absolute Gasteiger partial charge is 0.481 e. The molecule has 4 rings (SSSR count). The van der Waals surface area contributed by atoms with E-state index in [4.69, 9.17) is 5.11 Å². The average Bonchev–Trinajstić information content (AvgIpc) is 2.84. The van der Waals surface area contributed by atoms with Crippen LogP contribution in [-0.4, -0.2) is 55.3 Å². The van der Waals surface area contributed by atoms with Crippen molar-refractivity contribution >= 4 is 44.3 Å². The number of carboxylic acid groups (broad SMARTS) is 1. The molecule has 188 valence electrons. The SMILES string of the molecule is Cc1ccccc1C(=O)Nc1ccc(S(=O)(=O)NC2CCN(C(=O)CC(=O)O)CC2)c2ccccc12. The third-order valence-electron chi connectivity index (χ3n) is 6.28. The van der Waals surface area contributed by atoms with E-state index in [1.165, 1.54) is 11.0 Å². The number of nitrogens with zero attached hydrogens (tertiary/aromatic N) is 1. The molecule has 0 atom stereocenters. The number of carbonyl (C=O) groups is 3. The van der Waals surface area contributed by atoms with Gasteiger partial charge in [-0.1, -0.05) is 42.5 Å². The second-order valence-electron chi connectivity index (χ2n) is 8.77. The van der Waals surface area contributed by atoms with Crippen LogP contribution in [0.5, 0.6) is 0 Å². The summed E-state index contributed by atoms with van der Waals surface area (Å²) in [7, 11) is -3.91. The Morgan fingerprint density at radius 2 is 1.58 bits per heavy atom. The van der Waals surface area contributed by atoms with Crippen LogP contribution < -0.4 is 10.0 Å². The fourth-order valence-electron chi connectivity index (χ4n) is 4.40. The minimum Gasteiger partial charge on any atom is -0.481 e. The Morgan fingerprint density at radius 1 is 0.944 bits per heavy atom. The van der Waals surface area contributed by atoms with E-state index in [0.29, 0.717) is 34.9 Å². The van der Waals surface area contributed by atoms with Gasteiger partial charge in [0, 0.05) is 41.2 Å². The summed E-state index contributed by atoms with van der Waals surface area (Å²) in [6.45, 7) is 2.41. The van der Waals surface area contributed by atoms with Gasteiger partial charge in [-0.3, -0.25) is 14.4 Å². The molecule has 0 radical (unpaired) electrons. The molecule has 1 heterocycles. The van der Waals surface area contributed by atoms with Crippen molar-refractivity contribution in [1.82, 2.24) is 9.62 Å². The maximum absolute atomic E-state index is 13.3. The number of aliphatic carboxylic acids is 1. The summed E-state index contributed by atoms with van der Waals surface area (Å²) < 4.78 is 29.4. The lowest BCUT2D eigenvalue weighted by Crippen LogP contribution is -2.46. The molecule has 0 bridgehead atoms. The van der Waals surface area contributed by atoms with Gasteiger partial charge in [0.2, 0.25) is 15.9 Å². The first-order valence-corrected chi connectivity index (χ1v) is 13.0. The average molecular weight is 510 g/mol. The molecule has 2 amide bonds. The highest BCUT2D eigenvalue weighted by molar-refractivity contribution is 7.89. The van der Waals surface area contributed by atoms with Crippen LogP contribution in [-0.2, 0) is 19.6 Å². The molecule has 1 aliphatic rings. The second-order valence-corrected chi connectivity index (χ2v) is 10.5. The number of likely N-dealkylation sites (tertiary alicyclic amines) is 1. The molecule has 0 unspecified atom stereocenters. The lowest BCUT2D eigenvalue weighted by molar-refractivity contribution is -0.144. The van der Waals surface area contributed by atoms with E-state index in [1.807, 2.05) is 19.1 Å². The number of fused-ring (bicyclic) bond motifs is 1. The molecule has 3 N–H and O–H groups in total. The number of hydrogen-bond donors (Lipinski definition) is 3. The fraction of sp³-hybridized carbons (Fsp3) is 0.269. The van der Waals surface area contributed by atoms with E-state index in [-0.39, 0.29) is 29.9 Å². The van der Waals surface area contributed by atoms with Gasteiger partial charge in [-0.25, -0.2) is 13.1 Å². The van der Waals surface area contributed by atoms with Gasteiger partial charge in [-0.2, -0.15) is 0 Å². The number of benzene rings is 3. The molecular weight excluding hydrogens is 482 g/mol. The van der Waals surface area contributed by atoms with Gasteiger partial charge in [0.05, 0.1) is 4.90 Å². The molecule has 3 aromatic rings. The zero-order chi connectivity index (χ0) is 25.9. The molecular formula is C26H27N3O6S. The van der Waals surface area contributed by atoms with Gasteiger partial charge >= 0.3 is 5.97 Å². The first-order chi connectivity index (χ1) is 17.2. The smallest absolute Gasteiger partial charge is 0.312 e. The highest BCUT2D eigenvalue weighted by Crippen LogP contribution is 2.30. The monoisotopic (exact) mass is 509 g/mol. The number of amides is 2. The lowest BCUT2D eigenvalue weighted by atomic mass is 10.1. The number of sulfonamides is 1. The van der Waals surface area contributed by atoms with Crippen LogP contribution in [0.4, 0.5) is 5.69 Å². The van der Waals surface area contributed by atoms with E-state index in [2.05, 4.69) is 10.0 Å². The predicted octanol–water partition coefficient (Wildman–Crippen LogP) is 3.14. The summed E-state index contributed by atoms with van der Waals surface area (Å²) in [5.41, 5.74) is 1.87. The van der Waals surface area contributed by atoms with Crippen molar-refractivity contribution in [3.63, 3.8) is 0 Å². The van der Waals surface area contributed by atoms with Crippen LogP contribution in [0.2, 0.25) is 0 Å². The highest BCUT2D eigenvalue weighted by Gasteiger charge is 2.28. The normalized spacial score (nSPS) is 14.5. The first-order valence-electron chi connectivity index (χ1n) is 11.6. The van der Waals surface area contributed by atoms with Crippen molar-refractivity contribution in [2.24, 2.45) is 0 Å². The molecule has 3 aromatic carbocycles. The van der Waals surface area contributed by atoms with Crippen molar-refractivity contribution in [2.75, 3.05) is 18.4 Å². The number of carboxylic acids is 1. The van der Waals surface area contributed by atoms with Crippen LogP contribution in [0.1, 0.15) is 35.2 Å². The summed E-state index contributed by atoms with van der Waals surface area (Å²) in [6, 6.07) is 16.9. The molecule has 10 heteroatoms. The van der Waals surface area contributed by atoms with Crippen LogP contribution in [0.25, 0.3) is 10.8 Å². The Hall–Kier alpha value is -3.76. The molecule has 0 saturated carbocycles. The third kappa shape index (κ3) is 5.55. The van der Waals surface area contributed by atoms with Crippen molar-refractivity contribution in [3.05, 3.63) is 71.8 Å². The molecule has 0 aromatic heterocycles. The second kappa shape index (κ2) is 10.5. The van der Waals surface area contributed by atoms with Crippen molar-refractivity contribution < 1.29 is 27.9 Å². The molecule has 1 aliphatic heterocycles. The number of aryl methyl sites for hydroxylation is 1. The Bertz CT molecular complexity index is 1430. The molecule has 1 fully saturated rings. The van der Waals surface area contributed by atoms with Crippen LogP contribution in [0.3, 0.4) is 0 Å². The number of carbonyl (C=O) groups excluding carboxylic acids is 2. The van der Waals surface area contributed by atoms with Gasteiger partial charge in [0.15, 0.2) is 0 Å². The Balaban J connectivity index is 1.53. The minimum absolute atomic E-state index is 0.0939. The Kier molecular flexibility index (Phi) is 7.37. The minimum atomic E-state index is -3.91. The number of piperidine rings is 1. The van der Waals surface area contributed by atoms with Gasteiger partial charge < -0.3 is 15.3 Å². The Labute approximate surface area is 209 Å². The number of nitrogens with one attached hydrogen (secondary N) is 2. The van der Waals surface area contributed by atoms with Crippen LogP contribution in [0.15, 0.2) is 65.6 Å². The van der Waals surface area contributed by atoms with Crippen molar-refractivity contribution in [2.45, 2.75) is 37.1 Å². The number of anilines is 1. The van der Waals surface area contributed by atoms with E-state index < -0.39 is 28.3 Å². The van der Waals surface area contributed by atoms with Gasteiger partial charge in [-0.05, 0) is 43.5 Å². The fourth-order valence-corrected chi connectivity index (χ4v) is 5.92. The van der Waals surface area contributed by atoms with Crippen molar-refractivity contribution in [1.29, 1.82) is 0 Å². The van der Waals surface area contributed by atoms with E-state index in [1.54, 1.807) is 42.5 Å². The van der Waals surface area contributed by atoms with E-state index in [9.17, 15) is 22.8 Å². The predicted molar refractivity (Wildman–Crippen MR) is 135 cm³/mol. The molecule has 0 spiro atoms. The number of rotatable bonds is 7. The van der Waals surface area contributed by atoms with E-state index >= 15 is 0 Å². The van der Waals surface area contributed by atoms with Crippen LogP contribution in [0, 0.1) is 6.92 Å². The number of hydrogen-bond acceptors (Lipinski definition) is 5. The summed E-state index contributed by atoms with van der Waals surface area (Å²) >= 11 is 0. The highest BCUT2D eigenvalue weighted by atomic mass is 32.2. The maximum atomic E-state index is 13.3. The summed E-state index contributed by atoms with van der Waals surface area (Å²) in [5.74, 6) is -1.94. The quantitative estimate of drug-likeness (QED) is 0.419. The van der Waals surface area contributed by atoms with Gasteiger partial charge in [0.1, 0.15) is 6.42 Å². The molecule has 1 saturated heterocycles. The third-order valence-corrected chi connectivity index (χ3v) is 7.86. The van der Waals surface area contributed by atoms with Crippen molar-refractivity contribution in [3.8, 4) is 0 Å². The van der Waals surface area contributed by atoms with Gasteiger partial charge in [-0.15, -0.1) is 0 Å². The topological polar surface area (TPSA) is 133 Å². The van der Waals surface area contributed by atoms with E-state index in [0.717, 1.165) is 5.56 Å². The standard InChI is InChI=1S/C26H27N3O6S/c1-17-6-2-3-7-19(17)26(33)27-22-10-11-23(21-9-5-4-8-20(21)22)36(34,35)28-18-12-14-29(15-13-18)24(30)16-25(31)32/h2-11,18,28H,12-16H2,1H3,(H,27,33)(H,31,32). The summed E-state index contributed by atoms with van der Waals surface area (Å²) in [6.07, 6.45) is 0.190. The summed E-state index contributed by atoms with van der Waals surface area (Å²) in [5, 5.41) is 12.8. The van der Waals surface area contributed by atoms with Gasteiger partial charge in [0.25, 0.3) is 5.91 Å². The molecule has 0 aliphatic carbocycles. The maximum Gasteiger partial charge on any atom is 0.312 e. The lowest BCUT2D eigenvalue weighted by Gasteiger charge is -2.32. The first kappa shape index (κ1) is 25.3. The molecule has 9 nitrogen and oxygen atoms in total. The Morgan fingerprint density at radius 3 is 2.25 bits per heavy atom. The summed E-state index contributed by atoms with van der Waals surface area (Å²) in [4.78, 5) is 37.1. The van der Waals surface area contributed by atoms with Crippen LogP contribution >= 0.6 is 0 Å². The molecule has 36 heavy (non-hydrogen) atoms. The zero-order valence-corrected chi connectivity index (χ0v) is 20.5.